The number of hydrogen-bond donors (Lipinski definition) is 1. The number of benzene rings is 3. The van der Waals surface area contributed by atoms with Gasteiger partial charge in [0, 0.05) is 23.4 Å². The molecule has 1 amide bonds. The van der Waals surface area contributed by atoms with Gasteiger partial charge in [-0.2, -0.15) is 0 Å². The van der Waals surface area contributed by atoms with Gasteiger partial charge in [-0.3, -0.25) is 14.3 Å². The summed E-state index contributed by atoms with van der Waals surface area (Å²) in [6.07, 6.45) is 3.56. The topological polar surface area (TPSA) is 79.4 Å². The number of likely N-dealkylation sites (tertiary alicyclic amines) is 1. The Morgan fingerprint density at radius 1 is 1.00 bits per heavy atom. The van der Waals surface area contributed by atoms with E-state index in [-0.39, 0.29) is 12.5 Å². The number of carbonyl (C=O) groups excluding carboxylic acids is 1. The standard InChI is InChI=1S/C31H34N4O3/c1-30(2)15-22-16-31(3,18-30)19-34(22)20-35-25-13-7-6-12-24(25)28(29(35)37)33-32-27(36)17-38-26-14-8-10-21-9-4-5-11-23(21)26/h4-14,22,37H,15-20H2,1-3H3/t22-,31-/m0/s1. The van der Waals surface area contributed by atoms with Crippen molar-refractivity contribution in [3.63, 3.8) is 0 Å². The fourth-order valence-corrected chi connectivity index (χ4v) is 7.03. The summed E-state index contributed by atoms with van der Waals surface area (Å²) in [4.78, 5) is 15.1. The first-order chi connectivity index (χ1) is 18.2. The lowest BCUT2D eigenvalue weighted by Gasteiger charge is -2.40. The van der Waals surface area contributed by atoms with E-state index in [0.29, 0.717) is 35.0 Å². The molecule has 38 heavy (non-hydrogen) atoms. The molecular formula is C31H34N4O3. The first-order valence-electron chi connectivity index (χ1n) is 13.3. The van der Waals surface area contributed by atoms with Crippen LogP contribution in [0.4, 0.5) is 5.69 Å². The van der Waals surface area contributed by atoms with E-state index in [1.54, 1.807) is 0 Å². The lowest BCUT2D eigenvalue weighted by atomic mass is 9.65. The fraction of sp³-hybridized carbons (Fsp3) is 0.387. The summed E-state index contributed by atoms with van der Waals surface area (Å²) < 4.78 is 7.67. The van der Waals surface area contributed by atoms with Crippen molar-refractivity contribution in [3.05, 3.63) is 66.7 Å². The molecule has 2 atom stereocenters. The Morgan fingerprint density at radius 2 is 1.74 bits per heavy atom. The molecule has 1 N–H and O–H groups in total. The number of ether oxygens (including phenoxy) is 1. The van der Waals surface area contributed by atoms with Crippen LogP contribution in [0.5, 0.6) is 11.6 Å². The largest absolute Gasteiger partial charge is 0.493 e. The van der Waals surface area contributed by atoms with Gasteiger partial charge in [-0.05, 0) is 47.6 Å². The number of carbonyl (C=O) groups is 1. The number of rotatable bonds is 6. The summed E-state index contributed by atoms with van der Waals surface area (Å²) in [5, 5.41) is 22.1. The second kappa shape index (κ2) is 9.24. The molecule has 0 radical (unpaired) electrons. The Bertz CT molecular complexity index is 1550. The molecule has 3 aromatic carbocycles. The quantitative estimate of drug-likeness (QED) is 0.282. The third-order valence-electron chi connectivity index (χ3n) is 8.13. The molecule has 7 heteroatoms. The van der Waals surface area contributed by atoms with Crippen molar-refractivity contribution in [1.82, 2.24) is 9.47 Å². The van der Waals surface area contributed by atoms with Gasteiger partial charge >= 0.3 is 5.91 Å². The predicted octanol–water partition coefficient (Wildman–Crippen LogP) is 7.05. The van der Waals surface area contributed by atoms with Gasteiger partial charge in [-0.15, -0.1) is 10.2 Å². The van der Waals surface area contributed by atoms with Crippen molar-refractivity contribution in [2.45, 2.75) is 52.7 Å². The molecule has 1 saturated carbocycles. The number of azo groups is 1. The van der Waals surface area contributed by atoms with Crippen LogP contribution in [-0.2, 0) is 11.5 Å². The van der Waals surface area contributed by atoms with Gasteiger partial charge in [-0.1, -0.05) is 75.4 Å². The monoisotopic (exact) mass is 510 g/mol. The molecule has 7 nitrogen and oxygen atoms in total. The van der Waals surface area contributed by atoms with Crippen molar-refractivity contribution >= 4 is 33.3 Å². The Kier molecular flexibility index (Phi) is 5.99. The van der Waals surface area contributed by atoms with E-state index in [0.717, 1.165) is 34.6 Å². The van der Waals surface area contributed by atoms with E-state index in [9.17, 15) is 9.90 Å². The third kappa shape index (κ3) is 4.56. The van der Waals surface area contributed by atoms with E-state index in [1.807, 2.05) is 71.3 Å². The minimum Gasteiger partial charge on any atom is -0.493 e. The Balaban J connectivity index is 1.22. The molecular weight excluding hydrogens is 476 g/mol. The highest BCUT2D eigenvalue weighted by molar-refractivity contribution is 5.95. The molecule has 1 aliphatic heterocycles. The first-order valence-corrected chi connectivity index (χ1v) is 13.3. The SMILES string of the molecule is CC1(C)C[C@H]2C[C@](C)(CN2Cn2c(O)c(N=NC(=O)COc3cccc4ccccc34)c3ccccc32)C1. The van der Waals surface area contributed by atoms with Crippen molar-refractivity contribution in [1.29, 1.82) is 0 Å². The van der Waals surface area contributed by atoms with E-state index in [1.165, 1.54) is 12.8 Å². The van der Waals surface area contributed by atoms with Crippen LogP contribution < -0.4 is 4.74 Å². The number of hydrogen-bond acceptors (Lipinski definition) is 5. The number of aromatic hydroxyl groups is 1. The van der Waals surface area contributed by atoms with Crippen LogP contribution >= 0.6 is 0 Å². The van der Waals surface area contributed by atoms with E-state index in [4.69, 9.17) is 4.74 Å². The maximum atomic E-state index is 12.6. The summed E-state index contributed by atoms with van der Waals surface area (Å²) in [6, 6.07) is 21.8. The van der Waals surface area contributed by atoms with Crippen molar-refractivity contribution in [2.24, 2.45) is 21.1 Å². The second-order valence-corrected chi connectivity index (χ2v) is 12.1. The molecule has 6 rings (SSSR count). The highest BCUT2D eigenvalue weighted by Gasteiger charge is 2.49. The van der Waals surface area contributed by atoms with Gasteiger partial charge < -0.3 is 9.84 Å². The molecule has 2 aliphatic rings. The summed E-state index contributed by atoms with van der Waals surface area (Å²) in [5.41, 5.74) is 1.81. The van der Waals surface area contributed by atoms with E-state index >= 15 is 0 Å². The maximum absolute atomic E-state index is 12.6. The van der Waals surface area contributed by atoms with Gasteiger partial charge in [0.05, 0.1) is 12.2 Å². The highest BCUT2D eigenvalue weighted by Crippen LogP contribution is 2.53. The van der Waals surface area contributed by atoms with Gasteiger partial charge in [0.15, 0.2) is 12.3 Å². The van der Waals surface area contributed by atoms with Crippen molar-refractivity contribution in [2.75, 3.05) is 13.2 Å². The minimum atomic E-state index is -0.516. The summed E-state index contributed by atoms with van der Waals surface area (Å²) in [6.45, 7) is 8.47. The predicted molar refractivity (Wildman–Crippen MR) is 149 cm³/mol. The van der Waals surface area contributed by atoms with Gasteiger partial charge in [0.2, 0.25) is 5.88 Å². The van der Waals surface area contributed by atoms with Gasteiger partial charge in [-0.25, -0.2) is 0 Å². The molecule has 2 fully saturated rings. The molecule has 1 aromatic heterocycles. The van der Waals surface area contributed by atoms with Crippen LogP contribution in [-0.4, -0.2) is 39.7 Å². The molecule has 2 heterocycles. The van der Waals surface area contributed by atoms with Gasteiger partial charge in [0.1, 0.15) is 5.75 Å². The van der Waals surface area contributed by atoms with Crippen LogP contribution in [0.25, 0.3) is 21.7 Å². The summed E-state index contributed by atoms with van der Waals surface area (Å²) in [5.74, 6) is 0.139. The molecule has 2 bridgehead atoms. The number of nitrogens with zero attached hydrogens (tertiary/aromatic N) is 4. The summed E-state index contributed by atoms with van der Waals surface area (Å²) >= 11 is 0. The number of para-hydroxylation sites is 1. The number of aromatic nitrogens is 1. The van der Waals surface area contributed by atoms with Crippen molar-refractivity contribution in [3.8, 4) is 11.6 Å². The molecule has 1 aliphatic carbocycles. The molecule has 4 aromatic rings. The maximum Gasteiger partial charge on any atom is 0.302 e. The van der Waals surface area contributed by atoms with Crippen molar-refractivity contribution < 1.29 is 14.6 Å². The van der Waals surface area contributed by atoms with Crippen LogP contribution in [0.1, 0.15) is 40.0 Å². The minimum absolute atomic E-state index is 0.0311. The Morgan fingerprint density at radius 3 is 2.58 bits per heavy atom. The zero-order valence-electron chi connectivity index (χ0n) is 22.2. The first kappa shape index (κ1) is 24.6. The molecule has 1 saturated heterocycles. The fourth-order valence-electron chi connectivity index (χ4n) is 7.03. The lowest BCUT2D eigenvalue weighted by Crippen LogP contribution is -2.35. The Labute approximate surface area is 222 Å². The third-order valence-corrected chi connectivity index (χ3v) is 8.13. The normalized spacial score (nSPS) is 23.0. The smallest absolute Gasteiger partial charge is 0.302 e. The lowest BCUT2D eigenvalue weighted by molar-refractivity contribution is -0.120. The van der Waals surface area contributed by atoms with Crippen LogP contribution in [0.3, 0.4) is 0 Å². The number of amides is 1. The zero-order chi connectivity index (χ0) is 26.5. The van der Waals surface area contributed by atoms with Crippen LogP contribution in [0, 0.1) is 10.8 Å². The zero-order valence-corrected chi connectivity index (χ0v) is 22.2. The summed E-state index contributed by atoms with van der Waals surface area (Å²) in [7, 11) is 0. The Hall–Kier alpha value is -3.71. The number of fused-ring (bicyclic) bond motifs is 4. The van der Waals surface area contributed by atoms with Gasteiger partial charge in [0.25, 0.3) is 0 Å². The van der Waals surface area contributed by atoms with E-state index < -0.39 is 5.91 Å². The average molecular weight is 511 g/mol. The van der Waals surface area contributed by atoms with Crippen LogP contribution in [0.2, 0.25) is 0 Å². The second-order valence-electron chi connectivity index (χ2n) is 12.1. The highest BCUT2D eigenvalue weighted by atomic mass is 16.5. The van der Waals surface area contributed by atoms with E-state index in [2.05, 4.69) is 35.9 Å². The van der Waals surface area contributed by atoms with Crippen LogP contribution in [0.15, 0.2) is 77.0 Å². The molecule has 0 spiro atoms. The molecule has 196 valence electrons. The molecule has 0 unspecified atom stereocenters. The average Bonchev–Trinajstić information content (AvgIpc) is 3.29.